The smallest absolute Gasteiger partial charge is 0.266 e. The van der Waals surface area contributed by atoms with Crippen LogP contribution in [0.1, 0.15) is 37.5 Å². The Morgan fingerprint density at radius 2 is 2.18 bits per heavy atom. The van der Waals surface area contributed by atoms with Crippen LogP contribution >= 0.6 is 0 Å². The molecule has 0 amide bonds. The van der Waals surface area contributed by atoms with E-state index in [0.717, 1.165) is 49.3 Å². The van der Waals surface area contributed by atoms with Gasteiger partial charge in [0.15, 0.2) is 11.5 Å². The van der Waals surface area contributed by atoms with Crippen LogP contribution in [-0.4, -0.2) is 28.2 Å². The highest BCUT2D eigenvalue weighted by Gasteiger charge is 2.27. The van der Waals surface area contributed by atoms with Gasteiger partial charge < -0.3 is 13.8 Å². The van der Waals surface area contributed by atoms with Crippen molar-refractivity contribution in [1.29, 1.82) is 0 Å². The van der Waals surface area contributed by atoms with Gasteiger partial charge in [-0.3, -0.25) is 0 Å². The predicted octanol–water partition coefficient (Wildman–Crippen LogP) is 3.16. The molecule has 1 atom stereocenters. The van der Waals surface area contributed by atoms with E-state index in [1.54, 1.807) is 0 Å². The summed E-state index contributed by atoms with van der Waals surface area (Å²) in [7, 11) is 0. The number of benzene rings is 1. The number of aromatic nitrogens is 3. The number of piperidine rings is 1. The summed E-state index contributed by atoms with van der Waals surface area (Å²) in [6, 6.07) is 7.89. The van der Waals surface area contributed by atoms with Gasteiger partial charge in [0.1, 0.15) is 5.52 Å². The molecule has 0 bridgehead atoms. The van der Waals surface area contributed by atoms with E-state index >= 15 is 0 Å². The Labute approximate surface area is 128 Å². The molecular weight excluding hydrogens is 280 g/mol. The molecule has 0 saturated carbocycles. The second-order valence-electron chi connectivity index (χ2n) is 5.65. The molecular formula is C16H18N4O2. The lowest BCUT2D eigenvalue weighted by atomic mass is 9.98. The summed E-state index contributed by atoms with van der Waals surface area (Å²) in [6.07, 6.45) is 2.90. The Morgan fingerprint density at radius 1 is 1.27 bits per heavy atom. The van der Waals surface area contributed by atoms with Crippen LogP contribution in [0.3, 0.4) is 0 Å². The van der Waals surface area contributed by atoms with Gasteiger partial charge in [-0.2, -0.15) is 4.98 Å². The van der Waals surface area contributed by atoms with Gasteiger partial charge in [0.25, 0.3) is 5.95 Å². The molecule has 4 rings (SSSR count). The molecule has 3 aromatic rings. The summed E-state index contributed by atoms with van der Waals surface area (Å²) in [4.78, 5) is 11.2. The van der Waals surface area contributed by atoms with Crippen molar-refractivity contribution in [2.24, 2.45) is 0 Å². The molecule has 2 aromatic heterocycles. The minimum Gasteiger partial charge on any atom is -0.440 e. The lowest BCUT2D eigenvalue weighted by Crippen LogP contribution is -2.35. The van der Waals surface area contributed by atoms with E-state index in [1.807, 2.05) is 31.2 Å². The summed E-state index contributed by atoms with van der Waals surface area (Å²) in [6.45, 7) is 3.77. The van der Waals surface area contributed by atoms with Crippen LogP contribution in [0, 0.1) is 0 Å². The number of rotatable bonds is 3. The summed E-state index contributed by atoms with van der Waals surface area (Å²) < 4.78 is 11.1. The zero-order chi connectivity index (χ0) is 14.9. The van der Waals surface area contributed by atoms with Gasteiger partial charge >= 0.3 is 0 Å². The van der Waals surface area contributed by atoms with E-state index in [1.165, 1.54) is 0 Å². The summed E-state index contributed by atoms with van der Waals surface area (Å²) in [5, 5.41) is 4.07. The van der Waals surface area contributed by atoms with Gasteiger partial charge in [-0.15, -0.1) is 0 Å². The standard InChI is InChI=1S/C16H18N4O2/c1-2-14-18-16(19-22-14)20-9-5-6-11(10-20)15-17-12-7-3-4-8-13(12)21-15/h3-4,7-8,11H,2,5-6,9-10H2,1H3. The van der Waals surface area contributed by atoms with Gasteiger partial charge in [0, 0.05) is 19.5 Å². The van der Waals surface area contributed by atoms with E-state index in [9.17, 15) is 0 Å². The first kappa shape index (κ1) is 13.3. The molecule has 1 aromatic carbocycles. The first-order chi connectivity index (χ1) is 10.8. The Kier molecular flexibility index (Phi) is 3.29. The highest BCUT2D eigenvalue weighted by molar-refractivity contribution is 5.72. The molecule has 1 saturated heterocycles. The van der Waals surface area contributed by atoms with Crippen molar-refractivity contribution in [3.8, 4) is 0 Å². The number of anilines is 1. The number of fused-ring (bicyclic) bond motifs is 1. The topological polar surface area (TPSA) is 68.2 Å². The van der Waals surface area contributed by atoms with Crippen molar-refractivity contribution in [2.45, 2.75) is 32.1 Å². The summed E-state index contributed by atoms with van der Waals surface area (Å²) in [5.74, 6) is 2.44. The highest BCUT2D eigenvalue weighted by Crippen LogP contribution is 2.30. The van der Waals surface area contributed by atoms with Gasteiger partial charge in [-0.25, -0.2) is 4.98 Å². The number of aryl methyl sites for hydroxylation is 1. The summed E-state index contributed by atoms with van der Waals surface area (Å²) in [5.41, 5.74) is 1.77. The van der Waals surface area contributed by atoms with Crippen LogP contribution in [0.4, 0.5) is 5.95 Å². The lowest BCUT2D eigenvalue weighted by Gasteiger charge is -2.29. The monoisotopic (exact) mass is 298 g/mol. The predicted molar refractivity (Wildman–Crippen MR) is 81.9 cm³/mol. The summed E-state index contributed by atoms with van der Waals surface area (Å²) >= 11 is 0. The fourth-order valence-electron chi connectivity index (χ4n) is 2.94. The van der Waals surface area contributed by atoms with E-state index in [4.69, 9.17) is 8.94 Å². The quantitative estimate of drug-likeness (QED) is 0.740. The largest absolute Gasteiger partial charge is 0.440 e. The molecule has 3 heterocycles. The molecule has 6 nitrogen and oxygen atoms in total. The number of hydrogen-bond donors (Lipinski definition) is 0. The fourth-order valence-corrected chi connectivity index (χ4v) is 2.94. The van der Waals surface area contributed by atoms with Crippen LogP contribution in [0.5, 0.6) is 0 Å². The zero-order valence-corrected chi connectivity index (χ0v) is 12.5. The zero-order valence-electron chi connectivity index (χ0n) is 12.5. The number of para-hydroxylation sites is 2. The molecule has 22 heavy (non-hydrogen) atoms. The van der Waals surface area contributed by atoms with E-state index in [0.29, 0.717) is 11.8 Å². The number of oxazole rings is 1. The molecule has 1 aliphatic rings. The molecule has 0 aliphatic carbocycles. The highest BCUT2D eigenvalue weighted by atomic mass is 16.5. The van der Waals surface area contributed by atoms with Crippen LogP contribution in [0.2, 0.25) is 0 Å². The number of nitrogens with zero attached hydrogens (tertiary/aromatic N) is 4. The van der Waals surface area contributed by atoms with Crippen molar-refractivity contribution < 1.29 is 8.94 Å². The first-order valence-corrected chi connectivity index (χ1v) is 7.76. The molecule has 114 valence electrons. The Balaban J connectivity index is 1.57. The lowest BCUT2D eigenvalue weighted by molar-refractivity contribution is 0.375. The Bertz CT molecular complexity index is 746. The fraction of sp³-hybridized carbons (Fsp3) is 0.438. The average molecular weight is 298 g/mol. The van der Waals surface area contributed by atoms with Crippen molar-refractivity contribution in [2.75, 3.05) is 18.0 Å². The third kappa shape index (κ3) is 2.34. The second kappa shape index (κ2) is 5.44. The Morgan fingerprint density at radius 3 is 3.00 bits per heavy atom. The van der Waals surface area contributed by atoms with Gasteiger partial charge in [0.05, 0.1) is 5.92 Å². The minimum atomic E-state index is 0.268. The van der Waals surface area contributed by atoms with Gasteiger partial charge in [0.2, 0.25) is 5.89 Å². The maximum Gasteiger partial charge on any atom is 0.266 e. The van der Waals surface area contributed by atoms with E-state index in [-0.39, 0.29) is 5.92 Å². The maximum atomic E-state index is 5.92. The molecule has 6 heteroatoms. The van der Waals surface area contributed by atoms with Crippen molar-refractivity contribution in [3.05, 3.63) is 36.0 Å². The second-order valence-corrected chi connectivity index (χ2v) is 5.65. The third-order valence-corrected chi connectivity index (χ3v) is 4.12. The van der Waals surface area contributed by atoms with Gasteiger partial charge in [-0.05, 0) is 30.1 Å². The molecule has 0 N–H and O–H groups in total. The van der Waals surface area contributed by atoms with E-state index in [2.05, 4.69) is 20.0 Å². The van der Waals surface area contributed by atoms with Gasteiger partial charge in [-0.1, -0.05) is 19.1 Å². The van der Waals surface area contributed by atoms with Crippen LogP contribution < -0.4 is 4.90 Å². The Hall–Kier alpha value is -2.37. The molecule has 1 fully saturated rings. The average Bonchev–Trinajstić information content (AvgIpc) is 3.21. The third-order valence-electron chi connectivity index (χ3n) is 4.12. The maximum absolute atomic E-state index is 5.92. The van der Waals surface area contributed by atoms with E-state index < -0.39 is 0 Å². The van der Waals surface area contributed by atoms with Crippen molar-refractivity contribution in [1.82, 2.24) is 15.1 Å². The molecule has 1 aliphatic heterocycles. The van der Waals surface area contributed by atoms with Crippen LogP contribution in [0.15, 0.2) is 33.2 Å². The molecule has 1 unspecified atom stereocenters. The molecule has 0 spiro atoms. The van der Waals surface area contributed by atoms with Crippen LogP contribution in [-0.2, 0) is 6.42 Å². The van der Waals surface area contributed by atoms with Crippen molar-refractivity contribution >= 4 is 17.0 Å². The minimum absolute atomic E-state index is 0.268. The van der Waals surface area contributed by atoms with Crippen LogP contribution in [0.25, 0.3) is 11.1 Å². The number of hydrogen-bond acceptors (Lipinski definition) is 6. The van der Waals surface area contributed by atoms with Crippen molar-refractivity contribution in [3.63, 3.8) is 0 Å². The SMILES string of the molecule is CCc1nc(N2CCCC(c3nc4ccccc4o3)C2)no1. The normalized spacial score (nSPS) is 19.0. The first-order valence-electron chi connectivity index (χ1n) is 7.76. The molecule has 0 radical (unpaired) electrons.